The van der Waals surface area contributed by atoms with Gasteiger partial charge in [-0.2, -0.15) is 0 Å². The summed E-state index contributed by atoms with van der Waals surface area (Å²) >= 11 is 1.08. The highest BCUT2D eigenvalue weighted by molar-refractivity contribution is 7.89. The Morgan fingerprint density at radius 2 is 1.95 bits per heavy atom. The van der Waals surface area contributed by atoms with Gasteiger partial charge in [0.05, 0.1) is 7.11 Å². The summed E-state index contributed by atoms with van der Waals surface area (Å²) in [5.41, 5.74) is 0. The SMILES string of the molecule is COC(=O)c1sccc1S(=O)(=O)NC1CCCCCC1. The fourth-order valence-electron chi connectivity index (χ4n) is 2.43. The first-order chi connectivity index (χ1) is 9.54. The number of nitrogens with one attached hydrogen (secondary N) is 1. The van der Waals surface area contributed by atoms with Crippen molar-refractivity contribution >= 4 is 27.3 Å². The number of hydrogen-bond acceptors (Lipinski definition) is 5. The number of hydrogen-bond donors (Lipinski definition) is 1. The third-order valence-corrected chi connectivity index (χ3v) is 6.05. The van der Waals surface area contributed by atoms with E-state index < -0.39 is 16.0 Å². The van der Waals surface area contributed by atoms with Gasteiger partial charge in [0.15, 0.2) is 0 Å². The minimum atomic E-state index is -3.66. The second kappa shape index (κ2) is 6.69. The van der Waals surface area contributed by atoms with E-state index in [-0.39, 0.29) is 15.8 Å². The second-order valence-electron chi connectivity index (χ2n) is 4.92. The van der Waals surface area contributed by atoms with Gasteiger partial charge in [0.25, 0.3) is 0 Å². The van der Waals surface area contributed by atoms with E-state index in [1.165, 1.54) is 13.2 Å². The zero-order valence-corrected chi connectivity index (χ0v) is 13.1. The Morgan fingerprint density at radius 1 is 1.30 bits per heavy atom. The smallest absolute Gasteiger partial charge is 0.349 e. The number of thiophene rings is 1. The molecule has 1 heterocycles. The van der Waals surface area contributed by atoms with Crippen molar-refractivity contribution in [3.8, 4) is 0 Å². The zero-order chi connectivity index (χ0) is 14.6. The summed E-state index contributed by atoms with van der Waals surface area (Å²) in [6, 6.07) is 1.42. The van der Waals surface area contributed by atoms with E-state index in [9.17, 15) is 13.2 Å². The molecule has 1 aliphatic rings. The van der Waals surface area contributed by atoms with Crippen molar-refractivity contribution in [2.45, 2.75) is 49.5 Å². The van der Waals surface area contributed by atoms with Crippen LogP contribution < -0.4 is 4.72 Å². The summed E-state index contributed by atoms with van der Waals surface area (Å²) in [7, 11) is -2.41. The third kappa shape index (κ3) is 3.59. The van der Waals surface area contributed by atoms with E-state index in [4.69, 9.17) is 0 Å². The Labute approximate surface area is 123 Å². The standard InChI is InChI=1S/C13H19NO4S2/c1-18-13(15)12-11(8-9-19-12)20(16,17)14-10-6-4-2-3-5-7-10/h8-10,14H,2-7H2,1H3. The fraction of sp³-hybridized carbons (Fsp3) is 0.615. The first kappa shape index (κ1) is 15.5. The summed E-state index contributed by atoms with van der Waals surface area (Å²) in [5, 5.41) is 1.59. The molecule has 5 nitrogen and oxygen atoms in total. The average Bonchev–Trinajstić information content (AvgIpc) is 2.79. The maximum Gasteiger partial charge on any atom is 0.349 e. The number of carbonyl (C=O) groups excluding carboxylic acids is 1. The van der Waals surface area contributed by atoms with Gasteiger partial charge in [-0.3, -0.25) is 0 Å². The lowest BCUT2D eigenvalue weighted by Crippen LogP contribution is -2.34. The quantitative estimate of drug-likeness (QED) is 0.684. The van der Waals surface area contributed by atoms with Gasteiger partial charge in [0, 0.05) is 6.04 Å². The van der Waals surface area contributed by atoms with Gasteiger partial charge >= 0.3 is 5.97 Å². The Balaban J connectivity index is 2.17. The molecule has 20 heavy (non-hydrogen) atoms. The summed E-state index contributed by atoms with van der Waals surface area (Å²) in [6.07, 6.45) is 6.11. The van der Waals surface area contributed by atoms with Crippen molar-refractivity contribution in [2.75, 3.05) is 7.11 Å². The Bertz CT molecular complexity index is 557. The van der Waals surface area contributed by atoms with Crippen LogP contribution in [0, 0.1) is 0 Å². The molecule has 2 rings (SSSR count). The number of sulfonamides is 1. The van der Waals surface area contributed by atoms with E-state index in [2.05, 4.69) is 9.46 Å². The molecule has 1 aromatic heterocycles. The number of methoxy groups -OCH3 is 1. The molecule has 0 spiro atoms. The Morgan fingerprint density at radius 3 is 2.55 bits per heavy atom. The van der Waals surface area contributed by atoms with Crippen LogP contribution in [0.3, 0.4) is 0 Å². The minimum Gasteiger partial charge on any atom is -0.465 e. The molecule has 112 valence electrons. The molecule has 7 heteroatoms. The predicted molar refractivity (Wildman–Crippen MR) is 77.5 cm³/mol. The molecule has 0 bridgehead atoms. The van der Waals surface area contributed by atoms with E-state index in [0.717, 1.165) is 49.9 Å². The van der Waals surface area contributed by atoms with E-state index in [1.807, 2.05) is 0 Å². The lowest BCUT2D eigenvalue weighted by molar-refractivity contribution is 0.0602. The van der Waals surface area contributed by atoms with Gasteiger partial charge in [0.2, 0.25) is 10.0 Å². The largest absolute Gasteiger partial charge is 0.465 e. The van der Waals surface area contributed by atoms with Crippen LogP contribution in [-0.2, 0) is 14.8 Å². The highest BCUT2D eigenvalue weighted by Crippen LogP contribution is 2.25. The van der Waals surface area contributed by atoms with Crippen LogP contribution in [0.1, 0.15) is 48.2 Å². The first-order valence-electron chi connectivity index (χ1n) is 6.73. The summed E-state index contributed by atoms with van der Waals surface area (Å²) in [4.78, 5) is 11.7. The molecule has 1 aromatic rings. The van der Waals surface area contributed by atoms with Crippen LogP contribution in [0.4, 0.5) is 0 Å². The summed E-state index contributed by atoms with van der Waals surface area (Å²) in [6.45, 7) is 0. The Hall–Kier alpha value is -0.920. The molecule has 0 amide bonds. The minimum absolute atomic E-state index is 0.0265. The Kier molecular flexibility index (Phi) is 5.17. The van der Waals surface area contributed by atoms with Crippen molar-refractivity contribution < 1.29 is 17.9 Å². The van der Waals surface area contributed by atoms with Crippen molar-refractivity contribution in [3.63, 3.8) is 0 Å². The highest BCUT2D eigenvalue weighted by Gasteiger charge is 2.27. The van der Waals surface area contributed by atoms with E-state index in [0.29, 0.717) is 0 Å². The fourth-order valence-corrected chi connectivity index (χ4v) is 5.07. The summed E-state index contributed by atoms with van der Waals surface area (Å²) < 4.78 is 32.2. The summed E-state index contributed by atoms with van der Waals surface area (Å²) in [5.74, 6) is -0.610. The van der Waals surface area contributed by atoms with Crippen LogP contribution in [0.25, 0.3) is 0 Å². The normalized spacial score (nSPS) is 17.6. The number of carbonyl (C=O) groups is 1. The van der Waals surface area contributed by atoms with Crippen LogP contribution >= 0.6 is 11.3 Å². The van der Waals surface area contributed by atoms with Crippen LogP contribution in [-0.4, -0.2) is 27.5 Å². The zero-order valence-electron chi connectivity index (χ0n) is 11.4. The van der Waals surface area contributed by atoms with Gasteiger partial charge in [-0.05, 0) is 24.3 Å². The third-order valence-electron chi connectivity index (χ3n) is 3.47. The molecule has 0 atom stereocenters. The maximum atomic E-state index is 12.4. The molecule has 1 saturated carbocycles. The number of rotatable bonds is 4. The highest BCUT2D eigenvalue weighted by atomic mass is 32.2. The van der Waals surface area contributed by atoms with Gasteiger partial charge in [-0.25, -0.2) is 17.9 Å². The predicted octanol–water partition coefficient (Wildman–Crippen LogP) is 2.54. The number of esters is 1. The molecule has 0 saturated heterocycles. The van der Waals surface area contributed by atoms with Gasteiger partial charge in [-0.15, -0.1) is 11.3 Å². The lowest BCUT2D eigenvalue weighted by atomic mass is 10.1. The van der Waals surface area contributed by atoms with Crippen LogP contribution in [0.15, 0.2) is 16.3 Å². The van der Waals surface area contributed by atoms with Gasteiger partial charge < -0.3 is 4.74 Å². The van der Waals surface area contributed by atoms with Crippen LogP contribution in [0.2, 0.25) is 0 Å². The molecule has 0 aromatic carbocycles. The molecular weight excluding hydrogens is 298 g/mol. The molecule has 0 unspecified atom stereocenters. The topological polar surface area (TPSA) is 72.5 Å². The molecule has 0 radical (unpaired) electrons. The first-order valence-corrected chi connectivity index (χ1v) is 9.09. The molecule has 1 N–H and O–H groups in total. The van der Waals surface area contributed by atoms with Crippen molar-refractivity contribution in [1.29, 1.82) is 0 Å². The van der Waals surface area contributed by atoms with Gasteiger partial charge in [0.1, 0.15) is 9.77 Å². The molecular formula is C13H19NO4S2. The van der Waals surface area contributed by atoms with Crippen molar-refractivity contribution in [3.05, 3.63) is 16.3 Å². The second-order valence-corrected chi connectivity index (χ2v) is 7.51. The molecule has 1 fully saturated rings. The average molecular weight is 317 g/mol. The number of ether oxygens (including phenoxy) is 1. The maximum absolute atomic E-state index is 12.4. The molecule has 0 aliphatic heterocycles. The van der Waals surface area contributed by atoms with Crippen LogP contribution in [0.5, 0.6) is 0 Å². The lowest BCUT2D eigenvalue weighted by Gasteiger charge is -2.16. The van der Waals surface area contributed by atoms with Crippen molar-refractivity contribution in [2.24, 2.45) is 0 Å². The monoisotopic (exact) mass is 317 g/mol. The van der Waals surface area contributed by atoms with Gasteiger partial charge in [-0.1, -0.05) is 25.7 Å². The van der Waals surface area contributed by atoms with E-state index in [1.54, 1.807) is 5.38 Å². The molecule has 1 aliphatic carbocycles. The van der Waals surface area contributed by atoms with Crippen molar-refractivity contribution in [1.82, 2.24) is 4.72 Å². The van der Waals surface area contributed by atoms with E-state index >= 15 is 0 Å².